The van der Waals surface area contributed by atoms with Gasteiger partial charge in [-0.15, -0.1) is 10.2 Å². The van der Waals surface area contributed by atoms with Gasteiger partial charge in [0.05, 0.1) is 12.2 Å². The van der Waals surface area contributed by atoms with Gasteiger partial charge in [0, 0.05) is 12.2 Å². The quantitative estimate of drug-likeness (QED) is 0.423. The van der Waals surface area contributed by atoms with Crippen molar-refractivity contribution >= 4 is 18.0 Å². The number of hydrogen-bond donors (Lipinski definition) is 0. The highest BCUT2D eigenvalue weighted by molar-refractivity contribution is 7.99. The molecule has 106 valence electrons. The minimum atomic E-state index is 0.548. The summed E-state index contributed by atoms with van der Waals surface area (Å²) < 4.78 is 11.0. The second-order valence-electron chi connectivity index (χ2n) is 4.02. The zero-order valence-corrected chi connectivity index (χ0v) is 12.1. The molecule has 0 aliphatic heterocycles. The number of aldehydes is 1. The number of ether oxygens (including phenoxy) is 1. The molecule has 5 nitrogen and oxygen atoms in total. The van der Waals surface area contributed by atoms with Crippen molar-refractivity contribution < 1.29 is 13.9 Å². The maximum Gasteiger partial charge on any atom is 0.276 e. The van der Waals surface area contributed by atoms with Crippen LogP contribution >= 0.6 is 11.8 Å². The Hall–Kier alpha value is -1.82. The molecule has 0 atom stereocenters. The second-order valence-corrected chi connectivity index (χ2v) is 5.07. The molecule has 0 unspecified atom stereocenters. The van der Waals surface area contributed by atoms with Crippen LogP contribution in [0.1, 0.15) is 29.6 Å². The number of nitrogens with zero attached hydrogens (tertiary/aromatic N) is 2. The maximum absolute atomic E-state index is 10.8. The molecule has 2 rings (SSSR count). The molecule has 0 amide bonds. The Morgan fingerprint density at radius 3 is 2.95 bits per heavy atom. The average molecular weight is 292 g/mol. The van der Waals surface area contributed by atoms with Gasteiger partial charge in [-0.1, -0.05) is 30.8 Å². The smallest absolute Gasteiger partial charge is 0.276 e. The summed E-state index contributed by atoms with van der Waals surface area (Å²) in [5, 5.41) is 8.42. The standard InChI is InChI=1S/C14H16N2O3S/c1-2-13-15-16-14(19-13)20-9-5-8-18-12-7-4-3-6-11(12)10-17/h3-4,6-7,10H,2,5,8-9H2,1H3. The van der Waals surface area contributed by atoms with Crippen LogP contribution in [0.15, 0.2) is 33.9 Å². The Balaban J connectivity index is 1.70. The molecule has 0 saturated heterocycles. The summed E-state index contributed by atoms with van der Waals surface area (Å²) in [5.74, 6) is 2.11. The first-order valence-corrected chi connectivity index (χ1v) is 7.44. The molecule has 0 saturated carbocycles. The van der Waals surface area contributed by atoms with Crippen LogP contribution in [0, 0.1) is 0 Å². The van der Waals surface area contributed by atoms with Crippen LogP contribution in [-0.4, -0.2) is 28.8 Å². The molecule has 0 bridgehead atoms. The van der Waals surface area contributed by atoms with Gasteiger partial charge in [-0.2, -0.15) is 0 Å². The highest BCUT2D eigenvalue weighted by atomic mass is 32.2. The fraction of sp³-hybridized carbons (Fsp3) is 0.357. The Kier molecular flexibility index (Phi) is 5.61. The van der Waals surface area contributed by atoms with E-state index in [9.17, 15) is 4.79 Å². The Labute approximate surface area is 121 Å². The van der Waals surface area contributed by atoms with Crippen LogP contribution in [0.3, 0.4) is 0 Å². The fourth-order valence-corrected chi connectivity index (χ4v) is 2.24. The second kappa shape index (κ2) is 7.69. The van der Waals surface area contributed by atoms with E-state index in [2.05, 4.69) is 10.2 Å². The minimum Gasteiger partial charge on any atom is -0.493 e. The molecule has 0 aliphatic rings. The van der Waals surface area contributed by atoms with Crippen LogP contribution in [0.25, 0.3) is 0 Å². The molecule has 0 aliphatic carbocycles. The van der Waals surface area contributed by atoms with Gasteiger partial charge in [0.2, 0.25) is 5.89 Å². The van der Waals surface area contributed by atoms with Crippen LogP contribution in [-0.2, 0) is 6.42 Å². The molecule has 2 aromatic rings. The number of thioether (sulfide) groups is 1. The van der Waals surface area contributed by atoms with Crippen LogP contribution in [0.2, 0.25) is 0 Å². The van der Waals surface area contributed by atoms with E-state index in [0.29, 0.717) is 29.0 Å². The van der Waals surface area contributed by atoms with E-state index in [1.807, 2.05) is 19.1 Å². The third kappa shape index (κ3) is 4.09. The molecule has 0 radical (unpaired) electrons. The van der Waals surface area contributed by atoms with Crippen molar-refractivity contribution in [3.63, 3.8) is 0 Å². The normalized spacial score (nSPS) is 10.4. The number of aromatic nitrogens is 2. The van der Waals surface area contributed by atoms with Gasteiger partial charge in [-0.3, -0.25) is 4.79 Å². The van der Waals surface area contributed by atoms with Gasteiger partial charge in [-0.25, -0.2) is 0 Å². The topological polar surface area (TPSA) is 65.2 Å². The van der Waals surface area contributed by atoms with Gasteiger partial charge < -0.3 is 9.15 Å². The number of para-hydroxylation sites is 1. The third-order valence-corrected chi connectivity index (χ3v) is 3.47. The number of hydrogen-bond acceptors (Lipinski definition) is 6. The number of carbonyl (C=O) groups is 1. The predicted octanol–water partition coefficient (Wildman–Crippen LogP) is 3.01. The molecule has 1 aromatic carbocycles. The first kappa shape index (κ1) is 14.6. The van der Waals surface area contributed by atoms with E-state index in [1.54, 1.807) is 12.1 Å². The minimum absolute atomic E-state index is 0.548. The fourth-order valence-electron chi connectivity index (χ4n) is 1.55. The molecular weight excluding hydrogens is 276 g/mol. The largest absolute Gasteiger partial charge is 0.493 e. The monoisotopic (exact) mass is 292 g/mol. The van der Waals surface area contributed by atoms with E-state index in [4.69, 9.17) is 9.15 Å². The van der Waals surface area contributed by atoms with Crippen molar-refractivity contribution in [3.05, 3.63) is 35.7 Å². The van der Waals surface area contributed by atoms with Crippen LogP contribution < -0.4 is 4.74 Å². The first-order chi connectivity index (χ1) is 9.83. The van der Waals surface area contributed by atoms with E-state index in [1.165, 1.54) is 11.8 Å². The van der Waals surface area contributed by atoms with Crippen LogP contribution in [0.5, 0.6) is 5.75 Å². The molecule has 1 aromatic heterocycles. The first-order valence-electron chi connectivity index (χ1n) is 6.45. The third-order valence-electron chi connectivity index (χ3n) is 2.57. The summed E-state index contributed by atoms with van der Waals surface area (Å²) in [6, 6.07) is 7.19. The van der Waals surface area contributed by atoms with E-state index in [-0.39, 0.29) is 0 Å². The van der Waals surface area contributed by atoms with Crippen molar-refractivity contribution in [3.8, 4) is 5.75 Å². The SMILES string of the molecule is CCc1nnc(SCCCOc2ccccc2C=O)o1. The lowest BCUT2D eigenvalue weighted by molar-refractivity contribution is 0.111. The van der Waals surface area contributed by atoms with Crippen molar-refractivity contribution in [2.45, 2.75) is 25.0 Å². The van der Waals surface area contributed by atoms with E-state index >= 15 is 0 Å². The predicted molar refractivity (Wildman–Crippen MR) is 76.3 cm³/mol. The summed E-state index contributed by atoms with van der Waals surface area (Å²) in [5.41, 5.74) is 0.574. The summed E-state index contributed by atoms with van der Waals surface area (Å²) in [4.78, 5) is 10.8. The summed E-state index contributed by atoms with van der Waals surface area (Å²) in [7, 11) is 0. The summed E-state index contributed by atoms with van der Waals surface area (Å²) in [6.07, 6.45) is 2.38. The lowest BCUT2D eigenvalue weighted by Gasteiger charge is -2.07. The Bertz CT molecular complexity index is 557. The summed E-state index contributed by atoms with van der Waals surface area (Å²) >= 11 is 1.51. The van der Waals surface area contributed by atoms with Gasteiger partial charge in [-0.05, 0) is 18.6 Å². The molecule has 20 heavy (non-hydrogen) atoms. The number of rotatable bonds is 8. The van der Waals surface area contributed by atoms with Gasteiger partial charge in [0.1, 0.15) is 5.75 Å². The maximum atomic E-state index is 10.8. The molecule has 0 N–H and O–H groups in total. The van der Waals surface area contributed by atoms with Gasteiger partial charge in [0.25, 0.3) is 5.22 Å². The lowest BCUT2D eigenvalue weighted by atomic mass is 10.2. The van der Waals surface area contributed by atoms with Gasteiger partial charge in [0.15, 0.2) is 6.29 Å². The number of aryl methyl sites for hydroxylation is 1. The molecule has 1 heterocycles. The molecule has 0 spiro atoms. The van der Waals surface area contributed by atoms with E-state index < -0.39 is 0 Å². The van der Waals surface area contributed by atoms with Crippen molar-refractivity contribution in [1.82, 2.24) is 10.2 Å². The summed E-state index contributed by atoms with van der Waals surface area (Å²) in [6.45, 7) is 2.52. The Morgan fingerprint density at radius 1 is 1.35 bits per heavy atom. The van der Waals surface area contributed by atoms with Crippen LogP contribution in [0.4, 0.5) is 0 Å². The zero-order chi connectivity index (χ0) is 14.2. The highest BCUT2D eigenvalue weighted by Gasteiger charge is 2.05. The number of benzene rings is 1. The highest BCUT2D eigenvalue weighted by Crippen LogP contribution is 2.19. The Morgan fingerprint density at radius 2 is 2.20 bits per heavy atom. The average Bonchev–Trinajstić information content (AvgIpc) is 2.95. The van der Waals surface area contributed by atoms with Crippen molar-refractivity contribution in [2.75, 3.05) is 12.4 Å². The molecular formula is C14H16N2O3S. The lowest BCUT2D eigenvalue weighted by Crippen LogP contribution is -2.00. The molecule has 6 heteroatoms. The molecule has 0 fully saturated rings. The van der Waals surface area contributed by atoms with Crippen molar-refractivity contribution in [2.24, 2.45) is 0 Å². The van der Waals surface area contributed by atoms with E-state index in [0.717, 1.165) is 24.9 Å². The van der Waals surface area contributed by atoms with Gasteiger partial charge >= 0.3 is 0 Å². The zero-order valence-electron chi connectivity index (χ0n) is 11.2. The van der Waals surface area contributed by atoms with Crippen molar-refractivity contribution in [1.29, 1.82) is 0 Å². The number of carbonyl (C=O) groups excluding carboxylic acids is 1.